The number of benzene rings is 1. The van der Waals surface area contributed by atoms with Gasteiger partial charge in [0.25, 0.3) is 0 Å². The number of rotatable bonds is 2. The fourth-order valence-electron chi connectivity index (χ4n) is 1.81. The van der Waals surface area contributed by atoms with E-state index in [1.54, 1.807) is 25.3 Å². The maximum atomic E-state index is 11.1. The van der Waals surface area contributed by atoms with Gasteiger partial charge in [0.1, 0.15) is 11.5 Å². The second-order valence-electron chi connectivity index (χ2n) is 3.63. The minimum Gasteiger partial charge on any atom is -0.508 e. The predicted molar refractivity (Wildman–Crippen MR) is 55.0 cm³/mol. The molecule has 4 nitrogen and oxygen atoms in total. The van der Waals surface area contributed by atoms with Crippen LogP contribution in [0.4, 0.5) is 0 Å². The quantitative estimate of drug-likeness (QED) is 0.760. The first kappa shape index (κ1) is 9.83. The van der Waals surface area contributed by atoms with Crippen molar-refractivity contribution in [3.63, 3.8) is 0 Å². The van der Waals surface area contributed by atoms with Crippen LogP contribution in [-0.2, 0) is 4.79 Å². The average molecular weight is 207 g/mol. The Hall–Kier alpha value is -1.71. The average Bonchev–Trinajstić information content (AvgIpc) is 2.65. The van der Waals surface area contributed by atoms with E-state index in [0.717, 1.165) is 5.56 Å². The van der Waals surface area contributed by atoms with Gasteiger partial charge in [-0.25, -0.2) is 0 Å². The molecule has 0 aromatic heterocycles. The number of carbonyl (C=O) groups excluding carboxylic acids is 1. The van der Waals surface area contributed by atoms with Crippen LogP contribution in [0.25, 0.3) is 0 Å². The molecule has 2 N–H and O–H groups in total. The van der Waals surface area contributed by atoms with Gasteiger partial charge in [0.05, 0.1) is 7.11 Å². The molecule has 1 saturated heterocycles. The Morgan fingerprint density at radius 3 is 2.93 bits per heavy atom. The molecule has 15 heavy (non-hydrogen) atoms. The van der Waals surface area contributed by atoms with Crippen molar-refractivity contribution in [2.75, 3.05) is 13.7 Å². The third kappa shape index (κ3) is 1.88. The topological polar surface area (TPSA) is 58.6 Å². The Labute approximate surface area is 87.9 Å². The zero-order valence-electron chi connectivity index (χ0n) is 8.49. The number of phenolic OH excluding ortho intramolecular Hbond substituents is 1. The van der Waals surface area contributed by atoms with Crippen molar-refractivity contribution in [2.24, 2.45) is 0 Å². The van der Waals surface area contributed by atoms with Crippen molar-refractivity contribution in [1.29, 1.82) is 0 Å². The summed E-state index contributed by atoms with van der Waals surface area (Å²) in [7, 11) is 1.58. The van der Waals surface area contributed by atoms with E-state index >= 15 is 0 Å². The predicted octanol–water partition coefficient (Wildman–Crippen LogP) is 1.00. The highest BCUT2D eigenvalue weighted by Gasteiger charge is 2.25. The minimum absolute atomic E-state index is 0.0298. The molecule has 1 heterocycles. The van der Waals surface area contributed by atoms with Gasteiger partial charge in [-0.3, -0.25) is 4.79 Å². The number of nitrogens with one attached hydrogen (secondary N) is 1. The summed E-state index contributed by atoms with van der Waals surface area (Å²) in [6, 6.07) is 5.07. The largest absolute Gasteiger partial charge is 0.508 e. The zero-order chi connectivity index (χ0) is 10.8. The number of carbonyl (C=O) groups is 1. The van der Waals surface area contributed by atoms with Crippen molar-refractivity contribution >= 4 is 5.91 Å². The molecule has 80 valence electrons. The summed E-state index contributed by atoms with van der Waals surface area (Å²) < 4.78 is 5.08. The lowest BCUT2D eigenvalue weighted by molar-refractivity contribution is -0.119. The fraction of sp³-hybridized carbons (Fsp3) is 0.364. The lowest BCUT2D eigenvalue weighted by Gasteiger charge is -2.11. The van der Waals surface area contributed by atoms with Gasteiger partial charge in [-0.1, -0.05) is 0 Å². The summed E-state index contributed by atoms with van der Waals surface area (Å²) in [5.74, 6) is 0.995. The first-order valence-electron chi connectivity index (χ1n) is 4.84. The summed E-state index contributed by atoms with van der Waals surface area (Å²) in [6.45, 7) is 0.583. The van der Waals surface area contributed by atoms with Crippen molar-refractivity contribution in [3.05, 3.63) is 23.8 Å². The zero-order valence-corrected chi connectivity index (χ0v) is 8.49. The van der Waals surface area contributed by atoms with Crippen molar-refractivity contribution in [2.45, 2.75) is 12.3 Å². The Kier molecular flexibility index (Phi) is 2.49. The maximum Gasteiger partial charge on any atom is 0.220 e. The molecule has 1 unspecified atom stereocenters. The molecule has 0 saturated carbocycles. The number of methoxy groups -OCH3 is 1. The second kappa shape index (κ2) is 3.81. The lowest BCUT2D eigenvalue weighted by Crippen LogP contribution is -2.13. The molecule has 4 heteroatoms. The van der Waals surface area contributed by atoms with E-state index in [1.807, 2.05) is 0 Å². The van der Waals surface area contributed by atoms with E-state index < -0.39 is 0 Å². The van der Waals surface area contributed by atoms with Gasteiger partial charge < -0.3 is 15.2 Å². The van der Waals surface area contributed by atoms with Gasteiger partial charge >= 0.3 is 0 Å². The molecule has 1 atom stereocenters. The van der Waals surface area contributed by atoms with E-state index in [1.165, 1.54) is 0 Å². The lowest BCUT2D eigenvalue weighted by atomic mass is 9.97. The maximum absolute atomic E-state index is 11.1. The normalized spacial score (nSPS) is 20.1. The molecular formula is C11H13NO3. The van der Waals surface area contributed by atoms with Gasteiger partial charge in [0.15, 0.2) is 0 Å². The molecule has 1 aliphatic heterocycles. The number of hydrogen-bond acceptors (Lipinski definition) is 3. The number of ether oxygens (including phenoxy) is 1. The highest BCUT2D eigenvalue weighted by Crippen LogP contribution is 2.33. The first-order valence-corrected chi connectivity index (χ1v) is 4.84. The molecule has 0 radical (unpaired) electrons. The molecule has 0 bridgehead atoms. The summed E-state index contributed by atoms with van der Waals surface area (Å²) in [4.78, 5) is 11.1. The van der Waals surface area contributed by atoms with Crippen LogP contribution < -0.4 is 10.1 Å². The van der Waals surface area contributed by atoms with Gasteiger partial charge in [-0.15, -0.1) is 0 Å². The Morgan fingerprint density at radius 2 is 2.33 bits per heavy atom. The smallest absolute Gasteiger partial charge is 0.220 e. The van der Waals surface area contributed by atoms with Crippen LogP contribution in [-0.4, -0.2) is 24.7 Å². The number of phenols is 1. The van der Waals surface area contributed by atoms with Crippen molar-refractivity contribution in [1.82, 2.24) is 5.32 Å². The van der Waals surface area contributed by atoms with Gasteiger partial charge in [0, 0.05) is 24.4 Å². The fourth-order valence-corrected chi connectivity index (χ4v) is 1.81. The highest BCUT2D eigenvalue weighted by atomic mass is 16.5. The van der Waals surface area contributed by atoms with Crippen LogP contribution >= 0.6 is 0 Å². The molecule has 1 aliphatic rings. The summed E-state index contributed by atoms with van der Waals surface area (Å²) >= 11 is 0. The number of amides is 1. The molecule has 1 aromatic rings. The van der Waals surface area contributed by atoms with Crippen LogP contribution in [0.1, 0.15) is 17.9 Å². The van der Waals surface area contributed by atoms with Gasteiger partial charge in [-0.05, 0) is 18.2 Å². The second-order valence-corrected chi connectivity index (χ2v) is 3.63. The minimum atomic E-state index is 0.0298. The molecule has 2 rings (SSSR count). The van der Waals surface area contributed by atoms with Gasteiger partial charge in [0.2, 0.25) is 5.91 Å². The van der Waals surface area contributed by atoms with Crippen LogP contribution in [0.2, 0.25) is 0 Å². The molecular weight excluding hydrogens is 194 g/mol. The molecule has 1 amide bonds. The molecule has 1 aromatic carbocycles. The first-order chi connectivity index (χ1) is 7.20. The Morgan fingerprint density at radius 1 is 1.53 bits per heavy atom. The van der Waals surface area contributed by atoms with E-state index in [2.05, 4.69) is 5.32 Å². The number of aromatic hydroxyl groups is 1. The summed E-state index contributed by atoms with van der Waals surface area (Å²) in [6.07, 6.45) is 0.431. The SMILES string of the molecule is COc1ccc(O)c(C2CNC(=O)C2)c1. The van der Waals surface area contributed by atoms with Crippen LogP contribution in [0, 0.1) is 0 Å². The van der Waals surface area contributed by atoms with Gasteiger partial charge in [-0.2, -0.15) is 0 Å². The third-order valence-electron chi connectivity index (χ3n) is 2.65. The van der Waals surface area contributed by atoms with E-state index in [0.29, 0.717) is 18.7 Å². The Bertz CT molecular complexity index is 389. The van der Waals surface area contributed by atoms with Crippen LogP contribution in [0.15, 0.2) is 18.2 Å². The standard InChI is InChI=1S/C11H13NO3/c1-15-8-2-3-10(13)9(5-8)7-4-11(14)12-6-7/h2-3,5,7,13H,4,6H2,1H3,(H,12,14). The van der Waals surface area contributed by atoms with E-state index in [9.17, 15) is 9.90 Å². The van der Waals surface area contributed by atoms with Crippen molar-refractivity contribution in [3.8, 4) is 11.5 Å². The highest BCUT2D eigenvalue weighted by molar-refractivity contribution is 5.79. The summed E-state index contributed by atoms with van der Waals surface area (Å²) in [5.41, 5.74) is 0.771. The number of hydrogen-bond donors (Lipinski definition) is 2. The Balaban J connectivity index is 2.30. The molecule has 1 fully saturated rings. The third-order valence-corrected chi connectivity index (χ3v) is 2.65. The van der Waals surface area contributed by atoms with E-state index in [4.69, 9.17) is 4.74 Å². The van der Waals surface area contributed by atoms with Crippen molar-refractivity contribution < 1.29 is 14.6 Å². The van der Waals surface area contributed by atoms with Crippen LogP contribution in [0.5, 0.6) is 11.5 Å². The van der Waals surface area contributed by atoms with Crippen LogP contribution in [0.3, 0.4) is 0 Å². The monoisotopic (exact) mass is 207 g/mol. The molecule has 0 spiro atoms. The summed E-state index contributed by atoms with van der Waals surface area (Å²) in [5, 5.41) is 12.4. The molecule has 0 aliphatic carbocycles. The van der Waals surface area contributed by atoms with E-state index in [-0.39, 0.29) is 17.6 Å².